The Hall–Kier alpha value is -2.44. The first-order valence-corrected chi connectivity index (χ1v) is 6.91. The molecule has 3 N–H and O–H groups in total. The Labute approximate surface area is 121 Å². The maximum Gasteiger partial charge on any atom is 0.169 e. The molecule has 21 heavy (non-hydrogen) atoms. The number of phenolic OH excluding ortho intramolecular Hbond substituents is 1. The summed E-state index contributed by atoms with van der Waals surface area (Å²) in [7, 11) is 0. The monoisotopic (exact) mass is 291 g/mol. The predicted octanol–water partition coefficient (Wildman–Crippen LogP) is 1.76. The van der Waals surface area contributed by atoms with Gasteiger partial charge >= 0.3 is 0 Å². The Balaban J connectivity index is 2.31. The van der Waals surface area contributed by atoms with Crippen LogP contribution >= 0.6 is 0 Å². The molecule has 2 aliphatic heterocycles. The summed E-state index contributed by atoms with van der Waals surface area (Å²) >= 11 is 0. The Morgan fingerprint density at radius 1 is 1.19 bits per heavy atom. The molecule has 0 saturated carbocycles. The smallest absolute Gasteiger partial charge is 0.169 e. The molecule has 0 aromatic heterocycles. The van der Waals surface area contributed by atoms with Crippen LogP contribution in [0.3, 0.4) is 0 Å². The highest BCUT2D eigenvalue weighted by atomic mass is 16.5. The van der Waals surface area contributed by atoms with Crippen molar-refractivity contribution < 1.29 is 20.3 Å². The number of nitrogens with zero attached hydrogens (tertiary/aromatic N) is 3. The first-order valence-electron chi connectivity index (χ1n) is 6.91. The highest BCUT2D eigenvalue weighted by Gasteiger charge is 2.34. The Morgan fingerprint density at radius 2 is 1.86 bits per heavy atom. The minimum atomic E-state index is -0.0349. The van der Waals surface area contributed by atoms with Gasteiger partial charge < -0.3 is 25.2 Å². The third-order valence-electron chi connectivity index (χ3n) is 3.93. The fourth-order valence-corrected chi connectivity index (χ4v) is 3.01. The van der Waals surface area contributed by atoms with Gasteiger partial charge in [0.2, 0.25) is 0 Å². The average Bonchev–Trinajstić information content (AvgIpc) is 2.51. The van der Waals surface area contributed by atoms with Crippen LogP contribution in [0.4, 0.5) is 5.69 Å². The van der Waals surface area contributed by atoms with Gasteiger partial charge in [0.15, 0.2) is 11.5 Å². The van der Waals surface area contributed by atoms with E-state index < -0.39 is 0 Å². The summed E-state index contributed by atoms with van der Waals surface area (Å²) in [4.78, 5) is 2.10. The summed E-state index contributed by atoms with van der Waals surface area (Å²) in [5, 5.41) is 35.5. The van der Waals surface area contributed by atoms with Crippen molar-refractivity contribution in [1.29, 1.82) is 0 Å². The zero-order valence-electron chi connectivity index (χ0n) is 11.7. The summed E-state index contributed by atoms with van der Waals surface area (Å²) in [5.74, 6) is 0.268. The lowest BCUT2D eigenvalue weighted by Gasteiger charge is -2.37. The van der Waals surface area contributed by atoms with E-state index in [1.54, 1.807) is 6.07 Å². The first-order chi connectivity index (χ1) is 10.2. The number of phenols is 1. The number of hydrogen-bond donors (Lipinski definition) is 3. The van der Waals surface area contributed by atoms with Gasteiger partial charge in [0, 0.05) is 31.5 Å². The molecular formula is C14H17N3O4. The average molecular weight is 291 g/mol. The molecule has 0 amide bonds. The van der Waals surface area contributed by atoms with E-state index in [9.17, 15) is 15.5 Å². The van der Waals surface area contributed by atoms with Crippen molar-refractivity contribution in [2.45, 2.75) is 19.8 Å². The molecule has 0 saturated heterocycles. The summed E-state index contributed by atoms with van der Waals surface area (Å²) in [6, 6.07) is 1.68. The van der Waals surface area contributed by atoms with E-state index in [1.807, 2.05) is 6.92 Å². The largest absolute Gasteiger partial charge is 0.504 e. The fourth-order valence-electron chi connectivity index (χ4n) is 3.01. The lowest BCUT2D eigenvalue weighted by atomic mass is 9.88. The Kier molecular flexibility index (Phi) is 3.32. The van der Waals surface area contributed by atoms with Crippen LogP contribution < -0.4 is 9.64 Å². The second-order valence-corrected chi connectivity index (χ2v) is 5.01. The van der Waals surface area contributed by atoms with E-state index in [4.69, 9.17) is 4.74 Å². The molecule has 7 heteroatoms. The van der Waals surface area contributed by atoms with Crippen LogP contribution in [0.5, 0.6) is 11.5 Å². The molecule has 7 nitrogen and oxygen atoms in total. The number of oxime groups is 2. The summed E-state index contributed by atoms with van der Waals surface area (Å²) in [6.07, 6.45) is 1.16. The molecule has 0 aliphatic carbocycles. The summed E-state index contributed by atoms with van der Waals surface area (Å²) < 4.78 is 5.45. The van der Waals surface area contributed by atoms with Crippen LogP contribution in [0.25, 0.3) is 0 Å². The summed E-state index contributed by atoms with van der Waals surface area (Å²) in [5.41, 5.74) is 2.88. The second kappa shape index (κ2) is 5.16. The van der Waals surface area contributed by atoms with Gasteiger partial charge in [0.05, 0.1) is 29.3 Å². The molecule has 0 radical (unpaired) electrons. The van der Waals surface area contributed by atoms with Crippen molar-refractivity contribution in [3.05, 3.63) is 17.2 Å². The van der Waals surface area contributed by atoms with Crippen LogP contribution in [0, 0.1) is 0 Å². The van der Waals surface area contributed by atoms with Gasteiger partial charge in [0.1, 0.15) is 0 Å². The van der Waals surface area contributed by atoms with Gasteiger partial charge in [-0.2, -0.15) is 0 Å². The zero-order chi connectivity index (χ0) is 15.0. The lowest BCUT2D eigenvalue weighted by molar-refractivity contribution is 0.312. The zero-order valence-corrected chi connectivity index (χ0v) is 11.7. The van der Waals surface area contributed by atoms with Gasteiger partial charge in [-0.1, -0.05) is 10.3 Å². The standard InChI is InChI=1S/C14H17N3O4/c1-2-21-11-7-8-9(15-19)3-5-17-6-4-10(16-20)12(13(8)17)14(11)18/h7,18-20H,2-6H2,1H3/b15-9+,16-10+. The number of hydrogen-bond acceptors (Lipinski definition) is 7. The quantitative estimate of drug-likeness (QED) is 0.570. The van der Waals surface area contributed by atoms with Gasteiger partial charge in [0.25, 0.3) is 0 Å². The van der Waals surface area contributed by atoms with E-state index in [2.05, 4.69) is 15.2 Å². The normalized spacial score (nSPS) is 20.7. The fraction of sp³-hybridized carbons (Fsp3) is 0.429. The molecule has 0 bridgehead atoms. The molecule has 0 fully saturated rings. The lowest BCUT2D eigenvalue weighted by Crippen LogP contribution is -2.39. The molecule has 2 aliphatic rings. The number of benzene rings is 1. The summed E-state index contributed by atoms with van der Waals surface area (Å²) in [6.45, 7) is 3.61. The minimum Gasteiger partial charge on any atom is -0.504 e. The molecule has 112 valence electrons. The SMILES string of the molecule is CCOc1cc2c3c(c1O)/C(=N/O)CCN3CC/C2=N\O. The molecule has 0 spiro atoms. The van der Waals surface area contributed by atoms with E-state index >= 15 is 0 Å². The van der Waals surface area contributed by atoms with Crippen LogP contribution in [0.15, 0.2) is 16.4 Å². The molecular weight excluding hydrogens is 274 g/mol. The van der Waals surface area contributed by atoms with Crippen molar-refractivity contribution in [3.63, 3.8) is 0 Å². The molecule has 0 unspecified atom stereocenters. The highest BCUT2D eigenvalue weighted by molar-refractivity contribution is 6.17. The van der Waals surface area contributed by atoms with Crippen LogP contribution in [-0.4, -0.2) is 46.6 Å². The number of anilines is 1. The van der Waals surface area contributed by atoms with Gasteiger partial charge in [-0.3, -0.25) is 0 Å². The maximum atomic E-state index is 10.4. The van der Waals surface area contributed by atoms with Crippen molar-refractivity contribution >= 4 is 17.1 Å². The second-order valence-electron chi connectivity index (χ2n) is 5.01. The van der Waals surface area contributed by atoms with Crippen LogP contribution in [0.2, 0.25) is 0 Å². The van der Waals surface area contributed by atoms with Crippen LogP contribution in [-0.2, 0) is 0 Å². The maximum absolute atomic E-state index is 10.4. The van der Waals surface area contributed by atoms with Crippen molar-refractivity contribution in [1.82, 2.24) is 0 Å². The predicted molar refractivity (Wildman–Crippen MR) is 77.4 cm³/mol. The van der Waals surface area contributed by atoms with Gasteiger partial charge in [-0.15, -0.1) is 0 Å². The number of rotatable bonds is 2. The van der Waals surface area contributed by atoms with E-state index in [0.717, 1.165) is 5.69 Å². The topological polar surface area (TPSA) is 97.9 Å². The minimum absolute atomic E-state index is 0.0349. The molecule has 0 atom stereocenters. The van der Waals surface area contributed by atoms with Gasteiger partial charge in [-0.05, 0) is 13.0 Å². The van der Waals surface area contributed by atoms with E-state index in [0.29, 0.717) is 60.8 Å². The molecule has 1 aromatic carbocycles. The van der Waals surface area contributed by atoms with Crippen molar-refractivity contribution in [2.24, 2.45) is 10.3 Å². The third kappa shape index (κ3) is 1.96. The molecule has 1 aromatic rings. The Bertz CT molecular complexity index is 638. The molecule has 2 heterocycles. The van der Waals surface area contributed by atoms with E-state index in [-0.39, 0.29) is 5.75 Å². The van der Waals surface area contributed by atoms with Crippen LogP contribution in [0.1, 0.15) is 30.9 Å². The Morgan fingerprint density at radius 3 is 2.48 bits per heavy atom. The number of aromatic hydroxyl groups is 1. The van der Waals surface area contributed by atoms with Crippen molar-refractivity contribution in [2.75, 3.05) is 24.6 Å². The van der Waals surface area contributed by atoms with E-state index in [1.165, 1.54) is 0 Å². The number of ether oxygens (including phenoxy) is 1. The van der Waals surface area contributed by atoms with Gasteiger partial charge in [-0.25, -0.2) is 0 Å². The third-order valence-corrected chi connectivity index (χ3v) is 3.93. The first kappa shape index (κ1) is 13.5. The highest BCUT2D eigenvalue weighted by Crippen LogP contribution is 2.45. The molecule has 3 rings (SSSR count). The van der Waals surface area contributed by atoms with Crippen molar-refractivity contribution in [3.8, 4) is 11.5 Å².